The van der Waals surface area contributed by atoms with Crippen LogP contribution in [0.15, 0.2) is 36.4 Å². The number of fused-ring (bicyclic) bond motifs is 1. The van der Waals surface area contributed by atoms with E-state index in [1.807, 2.05) is 18.2 Å². The van der Waals surface area contributed by atoms with Crippen LogP contribution in [-0.4, -0.2) is 71.8 Å². The molecule has 1 aromatic heterocycles. The Labute approximate surface area is 209 Å². The first-order chi connectivity index (χ1) is 17.0. The first-order valence-electron chi connectivity index (χ1n) is 13.2. The maximum atomic E-state index is 5.51. The number of hydrogen-bond donors (Lipinski definition) is 0. The van der Waals surface area contributed by atoms with E-state index in [2.05, 4.69) is 53.5 Å². The maximum absolute atomic E-state index is 5.51. The number of rotatable bonds is 6. The number of hydrogen-bond acceptors (Lipinski definition) is 5. The summed E-state index contributed by atoms with van der Waals surface area (Å²) < 4.78 is 13.1. The van der Waals surface area contributed by atoms with Gasteiger partial charge in [-0.2, -0.15) is 0 Å². The van der Waals surface area contributed by atoms with E-state index < -0.39 is 0 Å². The van der Waals surface area contributed by atoms with Crippen molar-refractivity contribution in [2.75, 3.05) is 40.4 Å². The summed E-state index contributed by atoms with van der Waals surface area (Å²) in [5.41, 5.74) is 4.69. The number of imidazole rings is 1. The Kier molecular flexibility index (Phi) is 7.03. The van der Waals surface area contributed by atoms with Gasteiger partial charge in [-0.3, -0.25) is 0 Å². The van der Waals surface area contributed by atoms with Crippen molar-refractivity contribution in [3.63, 3.8) is 0 Å². The SMILES string of the molecule is COc1ccc(-c2nc3cc(C4CCN(C5CCN(C(C)C)CC5)CC4)ccc3n2C)cc1OC. The molecule has 0 bridgehead atoms. The van der Waals surface area contributed by atoms with Crippen molar-refractivity contribution in [1.29, 1.82) is 0 Å². The summed E-state index contributed by atoms with van der Waals surface area (Å²) in [5.74, 6) is 3.02. The Morgan fingerprint density at radius 2 is 1.57 bits per heavy atom. The number of likely N-dealkylation sites (tertiary alicyclic amines) is 2. The van der Waals surface area contributed by atoms with Crippen LogP contribution < -0.4 is 9.47 Å². The van der Waals surface area contributed by atoms with Crippen LogP contribution in [0.1, 0.15) is 51.0 Å². The number of aryl methyl sites for hydroxylation is 1. The molecule has 2 saturated heterocycles. The quantitative estimate of drug-likeness (QED) is 0.482. The van der Waals surface area contributed by atoms with Gasteiger partial charge in [-0.1, -0.05) is 6.07 Å². The lowest BCUT2D eigenvalue weighted by molar-refractivity contribution is 0.0753. The highest BCUT2D eigenvalue weighted by molar-refractivity contribution is 5.81. The minimum atomic E-state index is 0.623. The molecule has 35 heavy (non-hydrogen) atoms. The Bertz CT molecular complexity index is 1150. The van der Waals surface area contributed by atoms with Gasteiger partial charge < -0.3 is 23.8 Å². The molecule has 2 aromatic carbocycles. The summed E-state index contributed by atoms with van der Waals surface area (Å²) in [5, 5.41) is 0. The van der Waals surface area contributed by atoms with Gasteiger partial charge in [-0.15, -0.1) is 0 Å². The van der Waals surface area contributed by atoms with Crippen LogP contribution in [0.4, 0.5) is 0 Å². The molecule has 0 saturated carbocycles. The molecule has 2 aliphatic rings. The first kappa shape index (κ1) is 24.1. The minimum absolute atomic E-state index is 0.623. The highest BCUT2D eigenvalue weighted by Crippen LogP contribution is 2.35. The predicted octanol–water partition coefficient (Wildman–Crippen LogP) is 5.31. The lowest BCUT2D eigenvalue weighted by Gasteiger charge is -2.42. The van der Waals surface area contributed by atoms with Crippen molar-refractivity contribution in [2.45, 2.75) is 57.5 Å². The summed E-state index contributed by atoms with van der Waals surface area (Å²) in [7, 11) is 5.42. The molecule has 3 heterocycles. The molecule has 6 heteroatoms. The van der Waals surface area contributed by atoms with Crippen LogP contribution in [-0.2, 0) is 7.05 Å². The van der Waals surface area contributed by atoms with Crippen LogP contribution >= 0.6 is 0 Å². The lowest BCUT2D eigenvalue weighted by atomic mass is 9.87. The number of piperidine rings is 2. The second-order valence-electron chi connectivity index (χ2n) is 10.5. The zero-order valence-corrected chi connectivity index (χ0v) is 22.0. The molecule has 3 aromatic rings. The Morgan fingerprint density at radius 3 is 2.23 bits per heavy atom. The molecule has 0 radical (unpaired) electrons. The fourth-order valence-electron chi connectivity index (χ4n) is 6.07. The van der Waals surface area contributed by atoms with Crippen LogP contribution in [0.25, 0.3) is 22.4 Å². The molecule has 0 unspecified atom stereocenters. The molecule has 188 valence electrons. The van der Waals surface area contributed by atoms with E-state index in [1.165, 1.54) is 57.4 Å². The minimum Gasteiger partial charge on any atom is -0.493 e. The van der Waals surface area contributed by atoms with E-state index in [0.29, 0.717) is 12.0 Å². The highest BCUT2D eigenvalue weighted by Gasteiger charge is 2.29. The first-order valence-corrected chi connectivity index (χ1v) is 13.2. The Morgan fingerprint density at radius 1 is 0.857 bits per heavy atom. The van der Waals surface area contributed by atoms with Crippen molar-refractivity contribution in [1.82, 2.24) is 19.4 Å². The summed E-state index contributed by atoms with van der Waals surface area (Å²) in [6.45, 7) is 9.58. The van der Waals surface area contributed by atoms with Crippen molar-refractivity contribution >= 4 is 11.0 Å². The normalized spacial score (nSPS) is 19.0. The van der Waals surface area contributed by atoms with Gasteiger partial charge in [-0.05, 0) is 108 Å². The summed E-state index contributed by atoms with van der Waals surface area (Å²) >= 11 is 0. The van der Waals surface area contributed by atoms with E-state index >= 15 is 0 Å². The van der Waals surface area contributed by atoms with E-state index in [0.717, 1.165) is 40.0 Å². The second-order valence-corrected chi connectivity index (χ2v) is 10.5. The third-order valence-electron chi connectivity index (χ3n) is 8.29. The number of nitrogens with zero attached hydrogens (tertiary/aromatic N) is 4. The van der Waals surface area contributed by atoms with Gasteiger partial charge in [0.05, 0.1) is 25.3 Å². The monoisotopic (exact) mass is 476 g/mol. The van der Waals surface area contributed by atoms with Gasteiger partial charge in [0.1, 0.15) is 5.82 Å². The third-order valence-corrected chi connectivity index (χ3v) is 8.29. The number of benzene rings is 2. The summed E-state index contributed by atoms with van der Waals surface area (Å²) in [6.07, 6.45) is 5.12. The smallest absolute Gasteiger partial charge is 0.161 e. The molecule has 6 nitrogen and oxygen atoms in total. The summed E-state index contributed by atoms with van der Waals surface area (Å²) in [4.78, 5) is 10.4. The fraction of sp³-hybridized carbons (Fsp3) is 0.552. The summed E-state index contributed by atoms with van der Waals surface area (Å²) in [6, 6.07) is 14.3. The van der Waals surface area contributed by atoms with Crippen molar-refractivity contribution in [3.05, 3.63) is 42.0 Å². The van der Waals surface area contributed by atoms with Crippen LogP contribution in [0.5, 0.6) is 11.5 Å². The van der Waals surface area contributed by atoms with Gasteiger partial charge in [0.25, 0.3) is 0 Å². The topological polar surface area (TPSA) is 42.8 Å². The molecular weight excluding hydrogens is 436 g/mol. The molecule has 0 atom stereocenters. The van der Waals surface area contributed by atoms with Crippen molar-refractivity contribution in [2.24, 2.45) is 7.05 Å². The predicted molar refractivity (Wildman–Crippen MR) is 143 cm³/mol. The molecule has 2 aliphatic heterocycles. The molecule has 2 fully saturated rings. The van der Waals surface area contributed by atoms with Gasteiger partial charge >= 0.3 is 0 Å². The lowest BCUT2D eigenvalue weighted by Crippen LogP contribution is -2.48. The van der Waals surface area contributed by atoms with E-state index in [4.69, 9.17) is 14.5 Å². The second kappa shape index (κ2) is 10.2. The van der Waals surface area contributed by atoms with E-state index in [-0.39, 0.29) is 0 Å². The van der Waals surface area contributed by atoms with Gasteiger partial charge in [0.15, 0.2) is 11.5 Å². The van der Waals surface area contributed by atoms with E-state index in [9.17, 15) is 0 Å². The van der Waals surface area contributed by atoms with Gasteiger partial charge in [0.2, 0.25) is 0 Å². The average Bonchev–Trinajstić information content (AvgIpc) is 3.24. The standard InChI is InChI=1S/C29H40N4O2/c1-20(2)32-16-12-24(13-17-32)33-14-10-21(11-15-33)22-6-8-26-25(18-22)30-29(31(26)3)23-7-9-27(34-4)28(19-23)35-5/h6-9,18-21,24H,10-17H2,1-5H3. The number of methoxy groups -OCH3 is 2. The van der Waals surface area contributed by atoms with Crippen LogP contribution in [0, 0.1) is 0 Å². The van der Waals surface area contributed by atoms with Crippen molar-refractivity contribution in [3.8, 4) is 22.9 Å². The fourth-order valence-corrected chi connectivity index (χ4v) is 6.07. The van der Waals surface area contributed by atoms with Crippen LogP contribution in [0.2, 0.25) is 0 Å². The van der Waals surface area contributed by atoms with E-state index in [1.54, 1.807) is 14.2 Å². The molecule has 0 spiro atoms. The van der Waals surface area contributed by atoms with Gasteiger partial charge in [-0.25, -0.2) is 4.98 Å². The average molecular weight is 477 g/mol. The number of aromatic nitrogens is 2. The third kappa shape index (κ3) is 4.78. The molecular formula is C29H40N4O2. The van der Waals surface area contributed by atoms with Crippen LogP contribution in [0.3, 0.4) is 0 Å². The zero-order chi connectivity index (χ0) is 24.5. The Hall–Kier alpha value is -2.57. The molecule has 0 amide bonds. The molecule has 0 aliphatic carbocycles. The Balaban J connectivity index is 1.29. The van der Waals surface area contributed by atoms with Gasteiger partial charge in [0, 0.05) is 24.7 Å². The highest BCUT2D eigenvalue weighted by atomic mass is 16.5. The molecule has 5 rings (SSSR count). The molecule has 0 N–H and O–H groups in total. The largest absolute Gasteiger partial charge is 0.493 e. The zero-order valence-electron chi connectivity index (χ0n) is 22.0. The number of ether oxygens (including phenoxy) is 2. The maximum Gasteiger partial charge on any atom is 0.161 e. The van der Waals surface area contributed by atoms with Crippen molar-refractivity contribution < 1.29 is 9.47 Å².